The third-order valence-corrected chi connectivity index (χ3v) is 13.8. The van der Waals surface area contributed by atoms with Crippen molar-refractivity contribution in [2.75, 3.05) is 17.2 Å². The van der Waals surface area contributed by atoms with Crippen LogP contribution in [0.4, 0.5) is 11.6 Å². The van der Waals surface area contributed by atoms with Crippen molar-refractivity contribution in [3.8, 4) is 23.0 Å². The molecule has 2 unspecified atom stereocenters. The second-order valence-electron chi connectivity index (χ2n) is 18.6. The van der Waals surface area contributed by atoms with Gasteiger partial charge in [-0.15, -0.1) is 0 Å². The number of aliphatic hydroxyl groups is 1. The number of rotatable bonds is 19. The van der Waals surface area contributed by atoms with Crippen LogP contribution >= 0.6 is 11.6 Å². The Morgan fingerprint density at radius 2 is 1.31 bits per heavy atom. The minimum Gasteiger partial charge on any atom is -0.459 e. The summed E-state index contributed by atoms with van der Waals surface area (Å²) < 4.78 is 21.1. The molecule has 9 rings (SSSR count). The average Bonchev–Trinajstić information content (AvgIpc) is 4.19. The third kappa shape index (κ3) is 12.4. The summed E-state index contributed by atoms with van der Waals surface area (Å²) in [5.74, 6) is 0.706. The van der Waals surface area contributed by atoms with Gasteiger partial charge in [0.25, 0.3) is 22.9 Å². The highest BCUT2D eigenvalue weighted by Crippen LogP contribution is 2.35. The van der Waals surface area contributed by atoms with Gasteiger partial charge in [0.05, 0.1) is 29.5 Å². The molecular formula is C52H56ClN9O9. The molecule has 2 aromatic carbocycles. The number of aromatic nitrogens is 7. The molecule has 0 bridgehead atoms. The van der Waals surface area contributed by atoms with Crippen LogP contribution in [0.25, 0.3) is 0 Å². The molecular weight excluding hydrogens is 930 g/mol. The molecule has 370 valence electrons. The molecule has 0 aliphatic heterocycles. The first-order valence-electron chi connectivity index (χ1n) is 24.4. The quantitative estimate of drug-likeness (QED) is 0.0651. The number of benzene rings is 2. The van der Waals surface area contributed by atoms with Crippen LogP contribution in [0.5, 0.6) is 23.0 Å². The van der Waals surface area contributed by atoms with Crippen molar-refractivity contribution in [1.29, 1.82) is 0 Å². The Kier molecular flexibility index (Phi) is 15.6. The summed E-state index contributed by atoms with van der Waals surface area (Å²) in [7, 11) is 0. The standard InChI is InChI=1S/C52H56ClN9O9/c53-41-17-7-8-18-45(41)71-39-27-49(65)62(56-30-39)43(25-34-12-3-4-13-34)51(67)58-47-22-23-60(59-47)31-37(63)32-69-52(68)36-20-21-46(54-28-36)57-50(66)42(24-33-10-1-2-11-33)61-48(64)26-38(29-55-61)70-44-19-9-15-35-14-5-6-16-40(35)44/h7-9,15,17-23,26-30,33-34,37,42-43,63H,1-6,10-14,16,24-25,31-32H2,(H,54,57,66)(H,58,59,67)/t37-,42?,43?/m1/s1. The first kappa shape index (κ1) is 48.8. The highest BCUT2D eigenvalue weighted by molar-refractivity contribution is 6.32. The lowest BCUT2D eigenvalue weighted by atomic mass is 9.91. The van der Waals surface area contributed by atoms with E-state index in [4.69, 9.17) is 25.8 Å². The number of hydrogen-bond acceptors (Lipinski definition) is 13. The van der Waals surface area contributed by atoms with Crippen LogP contribution in [0.3, 0.4) is 0 Å². The highest BCUT2D eigenvalue weighted by atomic mass is 35.5. The number of fused-ring (bicyclic) bond motifs is 1. The molecule has 4 heterocycles. The van der Waals surface area contributed by atoms with Crippen molar-refractivity contribution in [2.45, 2.75) is 115 Å². The SMILES string of the molecule is O=C(OC[C@H](O)Cn1ccc(NC(=O)C(CC2CCCC2)n2ncc(Oc3ccccc3Cl)cc2=O)n1)c1ccc(NC(=O)C(CC2CCCC2)n2ncc(Oc3cccc4c3CCCC4)cc2=O)nc1. The molecule has 0 spiro atoms. The molecule has 18 nitrogen and oxygen atoms in total. The van der Waals surface area contributed by atoms with Gasteiger partial charge in [-0.3, -0.25) is 23.9 Å². The molecule has 3 atom stereocenters. The van der Waals surface area contributed by atoms with Crippen molar-refractivity contribution < 1.29 is 33.7 Å². The third-order valence-electron chi connectivity index (χ3n) is 13.5. The molecule has 0 radical (unpaired) electrons. The second kappa shape index (κ2) is 22.7. The molecule has 2 fully saturated rings. The predicted octanol–water partition coefficient (Wildman–Crippen LogP) is 8.25. The summed E-state index contributed by atoms with van der Waals surface area (Å²) >= 11 is 6.22. The van der Waals surface area contributed by atoms with Gasteiger partial charge >= 0.3 is 5.97 Å². The van der Waals surface area contributed by atoms with E-state index in [1.165, 1.54) is 57.8 Å². The summed E-state index contributed by atoms with van der Waals surface area (Å²) in [5, 5.41) is 29.9. The molecule has 2 amide bonds. The van der Waals surface area contributed by atoms with Crippen molar-refractivity contribution in [1.82, 2.24) is 34.3 Å². The molecule has 2 saturated carbocycles. The van der Waals surface area contributed by atoms with Crippen LogP contribution in [0, 0.1) is 11.8 Å². The number of carbonyl (C=O) groups excluding carboxylic acids is 3. The van der Waals surface area contributed by atoms with Crippen molar-refractivity contribution >= 4 is 41.0 Å². The number of ether oxygens (including phenoxy) is 3. The summed E-state index contributed by atoms with van der Waals surface area (Å²) in [6, 6.07) is 18.1. The summed E-state index contributed by atoms with van der Waals surface area (Å²) in [4.78, 5) is 71.8. The number of hydrogen-bond donors (Lipinski definition) is 3. The van der Waals surface area contributed by atoms with Crippen LogP contribution in [0.1, 0.15) is 111 Å². The van der Waals surface area contributed by atoms with E-state index >= 15 is 0 Å². The van der Waals surface area contributed by atoms with Gasteiger partial charge in [-0.25, -0.2) is 19.1 Å². The van der Waals surface area contributed by atoms with Crippen molar-refractivity contribution in [3.05, 3.63) is 140 Å². The van der Waals surface area contributed by atoms with E-state index in [-0.39, 0.29) is 47.9 Å². The zero-order chi connectivity index (χ0) is 49.3. The molecule has 3 N–H and O–H groups in total. The maximum atomic E-state index is 13.9. The highest BCUT2D eigenvalue weighted by Gasteiger charge is 2.31. The number of esters is 1. The van der Waals surface area contributed by atoms with Gasteiger partial charge < -0.3 is 30.0 Å². The Hall–Kier alpha value is -7.18. The number of aliphatic hydroxyl groups excluding tert-OH is 1. The number of nitrogens with one attached hydrogen (secondary N) is 2. The smallest absolute Gasteiger partial charge is 0.339 e. The molecule has 4 aromatic heterocycles. The largest absolute Gasteiger partial charge is 0.459 e. The molecule has 0 saturated heterocycles. The fourth-order valence-corrected chi connectivity index (χ4v) is 10.0. The number of halogens is 1. The molecule has 6 aromatic rings. The number of para-hydroxylation sites is 1. The topological polar surface area (TPSA) is 224 Å². The first-order valence-corrected chi connectivity index (χ1v) is 24.8. The van der Waals surface area contributed by atoms with Crippen molar-refractivity contribution in [2.24, 2.45) is 11.8 Å². The zero-order valence-electron chi connectivity index (χ0n) is 39.2. The van der Waals surface area contributed by atoms with Gasteiger partial charge in [0.1, 0.15) is 42.1 Å². The summed E-state index contributed by atoms with van der Waals surface area (Å²) in [5.41, 5.74) is 1.50. The maximum Gasteiger partial charge on any atom is 0.339 e. The number of carbonyl (C=O) groups is 3. The Bertz CT molecular complexity index is 2960. The van der Waals surface area contributed by atoms with Gasteiger partial charge in [0.2, 0.25) is 0 Å². The van der Waals surface area contributed by atoms with Crippen molar-refractivity contribution in [3.63, 3.8) is 0 Å². The van der Waals surface area contributed by atoms with Crippen LogP contribution in [0.15, 0.2) is 107 Å². The zero-order valence-corrected chi connectivity index (χ0v) is 39.9. The second-order valence-corrected chi connectivity index (χ2v) is 19.0. The minimum absolute atomic E-state index is 0.0731. The molecule has 3 aliphatic rings. The Labute approximate surface area is 414 Å². The minimum atomic E-state index is -1.17. The van der Waals surface area contributed by atoms with E-state index in [1.807, 2.05) is 12.1 Å². The van der Waals surface area contributed by atoms with Gasteiger partial charge in [0, 0.05) is 30.6 Å². The Balaban J connectivity index is 0.778. The average molecular weight is 987 g/mol. The summed E-state index contributed by atoms with van der Waals surface area (Å²) in [6.07, 6.45) is 17.4. The van der Waals surface area contributed by atoms with E-state index in [9.17, 15) is 29.1 Å². The van der Waals surface area contributed by atoms with Gasteiger partial charge in [-0.1, -0.05) is 87.2 Å². The van der Waals surface area contributed by atoms with Crippen LogP contribution in [-0.4, -0.2) is 69.9 Å². The fourth-order valence-electron chi connectivity index (χ4n) is 9.83. The van der Waals surface area contributed by atoms with Gasteiger partial charge in [-0.05, 0) is 91.8 Å². The lowest BCUT2D eigenvalue weighted by Gasteiger charge is -2.22. The van der Waals surface area contributed by atoms with Gasteiger partial charge in [0.15, 0.2) is 17.3 Å². The number of nitrogens with zero attached hydrogens (tertiary/aromatic N) is 7. The lowest BCUT2D eigenvalue weighted by molar-refractivity contribution is -0.121. The predicted molar refractivity (Wildman–Crippen MR) is 263 cm³/mol. The normalized spacial score (nSPS) is 16.1. The summed E-state index contributed by atoms with van der Waals surface area (Å²) in [6.45, 7) is -0.453. The van der Waals surface area contributed by atoms with E-state index in [1.54, 1.807) is 36.5 Å². The van der Waals surface area contributed by atoms with Gasteiger partial charge in [-0.2, -0.15) is 15.3 Å². The first-order chi connectivity index (χ1) is 34.5. The number of pyridine rings is 1. The van der Waals surface area contributed by atoms with Crippen LogP contribution < -0.4 is 31.2 Å². The van der Waals surface area contributed by atoms with E-state index < -0.39 is 47.1 Å². The Morgan fingerprint density at radius 1 is 0.704 bits per heavy atom. The van der Waals surface area contributed by atoms with Crippen LogP contribution in [-0.2, 0) is 33.7 Å². The number of anilines is 2. The molecule has 19 heteroatoms. The fraction of sp³-hybridized carbons (Fsp3) is 0.404. The Morgan fingerprint density at radius 3 is 1.93 bits per heavy atom. The van der Waals surface area contributed by atoms with E-state index in [0.717, 1.165) is 87.3 Å². The monoisotopic (exact) mass is 985 g/mol. The lowest BCUT2D eigenvalue weighted by Crippen LogP contribution is -2.36. The number of aryl methyl sites for hydroxylation is 1. The molecule has 71 heavy (non-hydrogen) atoms. The maximum absolute atomic E-state index is 13.9. The number of amides is 2. The van der Waals surface area contributed by atoms with E-state index in [2.05, 4.69) is 37.0 Å². The molecule has 3 aliphatic carbocycles. The van der Waals surface area contributed by atoms with Crippen LogP contribution in [0.2, 0.25) is 5.02 Å². The van der Waals surface area contributed by atoms with E-state index in [0.29, 0.717) is 35.1 Å².